The molecule has 0 amide bonds. The number of ether oxygens (including phenoxy) is 1. The molecule has 5 heteroatoms. The first-order valence-electron chi connectivity index (χ1n) is 24.9. The highest BCUT2D eigenvalue weighted by Gasteiger charge is 2.23. The summed E-state index contributed by atoms with van der Waals surface area (Å²) in [4.78, 5) is 5.27. The molecule has 350 valence electrons. The standard InChI is InChI=1S/C66H60N4O/c1-44(2)37-48-38-63(67-42-58(48)47-29-31-49(32-30-47)65(3,4)5)70-59-36-33-50(66(6,7)8)39-57(59)56-35-34-53(41-62(56)70)71-52-24-17-23-51(40-52)68-43-69(61-28-16-15-27-60(61)68)64-54(45-19-11-9-12-20-45)25-18-26-55(64)46-21-13-10-14-22-46/h9-36,38-42,44H,37H2,1-8H3. The van der Waals surface area contributed by atoms with Crippen molar-refractivity contribution in [1.29, 1.82) is 0 Å². The SMILES string of the molecule is CC(C)Cc1cc(-n2c3ccc(C(C)(C)C)cc3c3ccc(Oc4cccc(-n5[c-][n+](-c6c(-c7ccccc7)cccc6-c6ccccc6)c6ccccc65)c4)cc32)ncc1-c1ccc(C(C)(C)C)cc1. The molecule has 0 radical (unpaired) electrons. The zero-order valence-corrected chi connectivity index (χ0v) is 42.0. The Hall–Kier alpha value is -8.02. The highest BCUT2D eigenvalue weighted by molar-refractivity contribution is 6.10. The van der Waals surface area contributed by atoms with Crippen molar-refractivity contribution in [2.75, 3.05) is 0 Å². The van der Waals surface area contributed by atoms with E-state index in [1.807, 2.05) is 6.07 Å². The number of rotatable bonds is 10. The van der Waals surface area contributed by atoms with Crippen LogP contribution in [0.3, 0.4) is 0 Å². The van der Waals surface area contributed by atoms with Gasteiger partial charge in [0.1, 0.15) is 17.3 Å². The molecule has 0 atom stereocenters. The molecule has 3 heterocycles. The molecule has 3 aromatic heterocycles. The number of aromatic nitrogens is 4. The fraction of sp³-hybridized carbons (Fsp3) is 0.182. The van der Waals surface area contributed by atoms with Crippen LogP contribution in [0.2, 0.25) is 0 Å². The second kappa shape index (κ2) is 18.1. The van der Waals surface area contributed by atoms with Gasteiger partial charge in [-0.3, -0.25) is 13.7 Å². The zero-order chi connectivity index (χ0) is 49.0. The first-order chi connectivity index (χ1) is 34.3. The molecule has 8 aromatic carbocycles. The van der Waals surface area contributed by atoms with E-state index in [1.54, 1.807) is 0 Å². The van der Waals surface area contributed by atoms with E-state index in [1.165, 1.54) is 33.2 Å². The molecule has 0 N–H and O–H groups in total. The summed E-state index contributed by atoms with van der Waals surface area (Å²) in [6, 6.07) is 69.4. The van der Waals surface area contributed by atoms with Gasteiger partial charge >= 0.3 is 0 Å². The first kappa shape index (κ1) is 45.4. The van der Waals surface area contributed by atoms with Crippen LogP contribution >= 0.6 is 0 Å². The van der Waals surface area contributed by atoms with E-state index >= 15 is 0 Å². The van der Waals surface area contributed by atoms with Crippen LogP contribution in [0.1, 0.15) is 72.1 Å². The molecule has 0 saturated carbocycles. The van der Waals surface area contributed by atoms with Crippen molar-refractivity contribution >= 4 is 32.8 Å². The summed E-state index contributed by atoms with van der Waals surface area (Å²) in [5, 5.41) is 2.35. The molecule has 0 unspecified atom stereocenters. The van der Waals surface area contributed by atoms with E-state index in [0.29, 0.717) is 5.92 Å². The summed E-state index contributed by atoms with van der Waals surface area (Å²) >= 11 is 0. The van der Waals surface area contributed by atoms with Crippen LogP contribution in [-0.2, 0) is 17.3 Å². The fourth-order valence-electron chi connectivity index (χ4n) is 10.1. The second-order valence-electron chi connectivity index (χ2n) is 21.4. The number of nitrogens with zero attached hydrogens (tertiary/aromatic N) is 4. The summed E-state index contributed by atoms with van der Waals surface area (Å²) in [6.07, 6.45) is 6.84. The van der Waals surface area contributed by atoms with Crippen LogP contribution in [0.15, 0.2) is 200 Å². The first-order valence-corrected chi connectivity index (χ1v) is 24.9. The predicted molar refractivity (Wildman–Crippen MR) is 295 cm³/mol. The summed E-state index contributed by atoms with van der Waals surface area (Å²) < 4.78 is 13.6. The van der Waals surface area contributed by atoms with Crippen LogP contribution in [0, 0.1) is 12.2 Å². The zero-order valence-electron chi connectivity index (χ0n) is 42.0. The number of para-hydroxylation sites is 3. The molecular weight excluding hydrogens is 865 g/mol. The van der Waals surface area contributed by atoms with E-state index in [4.69, 9.17) is 9.72 Å². The van der Waals surface area contributed by atoms with Crippen molar-refractivity contribution in [2.45, 2.75) is 72.6 Å². The molecule has 0 aliphatic rings. The number of imidazole rings is 1. The monoisotopic (exact) mass is 924 g/mol. The molecule has 0 saturated heterocycles. The number of fused-ring (bicyclic) bond motifs is 4. The van der Waals surface area contributed by atoms with Gasteiger partial charge in [-0.2, -0.15) is 0 Å². The third-order valence-electron chi connectivity index (χ3n) is 13.8. The predicted octanol–water partition coefficient (Wildman–Crippen LogP) is 16.8. The van der Waals surface area contributed by atoms with Gasteiger partial charge in [0.2, 0.25) is 0 Å². The maximum atomic E-state index is 6.89. The molecular formula is C66H60N4O. The van der Waals surface area contributed by atoms with Gasteiger partial charge in [-0.1, -0.05) is 195 Å². The van der Waals surface area contributed by atoms with Crippen LogP contribution in [-0.4, -0.2) is 14.1 Å². The van der Waals surface area contributed by atoms with E-state index in [2.05, 4.69) is 270 Å². The number of pyridine rings is 1. The van der Waals surface area contributed by atoms with E-state index in [0.717, 1.165) is 84.8 Å². The number of hydrogen-bond donors (Lipinski definition) is 0. The highest BCUT2D eigenvalue weighted by atomic mass is 16.5. The minimum absolute atomic E-state index is 0.0131. The van der Waals surface area contributed by atoms with Gasteiger partial charge in [0, 0.05) is 28.6 Å². The van der Waals surface area contributed by atoms with Gasteiger partial charge in [0.15, 0.2) is 0 Å². The maximum absolute atomic E-state index is 6.89. The molecule has 0 bridgehead atoms. The minimum Gasteiger partial charge on any atom is -0.458 e. The summed E-state index contributed by atoms with van der Waals surface area (Å²) in [7, 11) is 0. The van der Waals surface area contributed by atoms with Gasteiger partial charge in [0.25, 0.3) is 6.33 Å². The van der Waals surface area contributed by atoms with E-state index in [9.17, 15) is 0 Å². The number of benzene rings is 8. The lowest BCUT2D eigenvalue weighted by atomic mass is 9.86. The lowest BCUT2D eigenvalue weighted by Gasteiger charge is -2.20. The lowest BCUT2D eigenvalue weighted by molar-refractivity contribution is -0.571. The normalized spacial score (nSPS) is 12.1. The average molecular weight is 925 g/mol. The van der Waals surface area contributed by atoms with Crippen LogP contribution in [0.25, 0.3) is 83.4 Å². The Labute approximate surface area is 418 Å². The lowest BCUT2D eigenvalue weighted by Crippen LogP contribution is -2.31. The van der Waals surface area contributed by atoms with Crippen molar-refractivity contribution in [3.8, 4) is 62.1 Å². The van der Waals surface area contributed by atoms with Crippen LogP contribution < -0.4 is 9.30 Å². The topological polar surface area (TPSA) is 35.9 Å². The third kappa shape index (κ3) is 8.71. The summed E-state index contributed by atoms with van der Waals surface area (Å²) in [5.74, 6) is 2.83. The quantitative estimate of drug-likeness (QED) is 0.101. The molecule has 11 rings (SSSR count). The van der Waals surface area contributed by atoms with Gasteiger partial charge in [-0.15, -0.1) is 0 Å². The Morgan fingerprint density at radius 3 is 1.82 bits per heavy atom. The Morgan fingerprint density at radius 1 is 0.521 bits per heavy atom. The Balaban J connectivity index is 1.02. The van der Waals surface area contributed by atoms with Crippen molar-refractivity contribution in [3.63, 3.8) is 0 Å². The molecule has 0 spiro atoms. The smallest absolute Gasteiger partial charge is 0.269 e. The molecule has 0 aliphatic carbocycles. The van der Waals surface area contributed by atoms with Crippen LogP contribution in [0.5, 0.6) is 11.5 Å². The van der Waals surface area contributed by atoms with Crippen molar-refractivity contribution in [1.82, 2.24) is 14.1 Å². The summed E-state index contributed by atoms with van der Waals surface area (Å²) in [5.41, 5.74) is 17.1. The Bertz CT molecular complexity index is 3680. The van der Waals surface area contributed by atoms with Crippen LogP contribution in [0.4, 0.5) is 0 Å². The van der Waals surface area contributed by atoms with Crippen molar-refractivity contribution in [2.24, 2.45) is 5.92 Å². The van der Waals surface area contributed by atoms with Gasteiger partial charge < -0.3 is 4.74 Å². The van der Waals surface area contributed by atoms with Gasteiger partial charge in [-0.25, -0.2) is 4.98 Å². The van der Waals surface area contributed by atoms with Crippen molar-refractivity contribution < 1.29 is 9.30 Å². The van der Waals surface area contributed by atoms with Gasteiger partial charge in [0.05, 0.1) is 33.4 Å². The largest absolute Gasteiger partial charge is 0.458 e. The third-order valence-corrected chi connectivity index (χ3v) is 13.8. The second-order valence-corrected chi connectivity index (χ2v) is 21.4. The molecule has 0 fully saturated rings. The van der Waals surface area contributed by atoms with E-state index in [-0.39, 0.29) is 10.8 Å². The summed E-state index contributed by atoms with van der Waals surface area (Å²) in [6.45, 7) is 18.2. The number of hydrogen-bond acceptors (Lipinski definition) is 2. The van der Waals surface area contributed by atoms with E-state index < -0.39 is 0 Å². The maximum Gasteiger partial charge on any atom is 0.269 e. The minimum atomic E-state index is -0.0131. The average Bonchev–Trinajstić information content (AvgIpc) is 3.92. The highest BCUT2D eigenvalue weighted by Crippen LogP contribution is 2.40. The molecule has 11 aromatic rings. The Kier molecular flexibility index (Phi) is 11.6. The Morgan fingerprint density at radius 2 is 1.14 bits per heavy atom. The molecule has 0 aliphatic heterocycles. The molecule has 5 nitrogen and oxygen atoms in total. The van der Waals surface area contributed by atoms with Gasteiger partial charge in [-0.05, 0) is 116 Å². The molecule has 71 heavy (non-hydrogen) atoms. The fourth-order valence-corrected chi connectivity index (χ4v) is 10.1. The van der Waals surface area contributed by atoms with Crippen molar-refractivity contribution in [3.05, 3.63) is 223 Å².